The molecule has 5 nitrogen and oxygen atoms in total. The van der Waals surface area contributed by atoms with Crippen molar-refractivity contribution < 1.29 is 35.5 Å². The predicted octanol–water partition coefficient (Wildman–Crippen LogP) is -0.0135. The van der Waals surface area contributed by atoms with Gasteiger partial charge in [-0.3, -0.25) is 10.5 Å². The Morgan fingerprint density at radius 1 is 1.15 bits per heavy atom. The lowest BCUT2D eigenvalue weighted by molar-refractivity contribution is -0.667. The van der Waals surface area contributed by atoms with Crippen molar-refractivity contribution in [2.45, 2.75) is 13.5 Å². The van der Waals surface area contributed by atoms with Crippen LogP contribution in [0.4, 0.5) is 10.3 Å². The van der Waals surface area contributed by atoms with E-state index in [1.165, 1.54) is 24.3 Å². The Balaban J connectivity index is 0.00000261. The number of nitrogen functional groups attached to an aromatic ring is 1. The number of Topliss-reactive ketones (excluding diaryl/α,β-unsaturated/α-hetero) is 1. The van der Waals surface area contributed by atoms with Crippen LogP contribution in [0.5, 0.6) is 5.75 Å². The molecule has 0 unspecified atom stereocenters. The average Bonchev–Trinajstić information content (AvgIpc) is 2.92. The summed E-state index contributed by atoms with van der Waals surface area (Å²) < 4.78 is 22.0. The quantitative estimate of drug-likeness (QED) is 0.439. The van der Waals surface area contributed by atoms with Gasteiger partial charge < -0.3 is 21.7 Å². The van der Waals surface area contributed by atoms with Gasteiger partial charge >= 0.3 is 5.95 Å². The molecule has 27 heavy (non-hydrogen) atoms. The normalized spacial score (nSPS) is 10.3. The van der Waals surface area contributed by atoms with Crippen molar-refractivity contribution in [2.24, 2.45) is 7.05 Å². The Morgan fingerprint density at radius 2 is 1.78 bits per heavy atom. The molecule has 0 saturated heterocycles. The van der Waals surface area contributed by atoms with E-state index >= 15 is 0 Å². The number of halogens is 2. The lowest BCUT2D eigenvalue weighted by Crippen LogP contribution is -3.00. The minimum Gasteiger partial charge on any atom is -1.00 e. The molecule has 0 radical (unpaired) electrons. The zero-order chi connectivity index (χ0) is 18.7. The van der Waals surface area contributed by atoms with Crippen molar-refractivity contribution in [1.82, 2.24) is 4.57 Å². The molecule has 2 aromatic carbocycles. The first-order valence-corrected chi connectivity index (χ1v) is 8.36. The van der Waals surface area contributed by atoms with Crippen molar-refractivity contribution in [3.05, 3.63) is 66.1 Å². The largest absolute Gasteiger partial charge is 1.00 e. The fourth-order valence-electron chi connectivity index (χ4n) is 2.78. The van der Waals surface area contributed by atoms with Gasteiger partial charge in [0.15, 0.2) is 5.78 Å². The molecule has 2 N–H and O–H groups in total. The minimum absolute atomic E-state index is 0. The number of nitrogens with zero attached hydrogens (tertiary/aromatic N) is 2. The van der Waals surface area contributed by atoms with Crippen LogP contribution in [-0.2, 0) is 13.6 Å². The Bertz CT molecular complexity index is 922. The maximum Gasteiger partial charge on any atom is 0.355 e. The molecule has 0 aliphatic heterocycles. The Kier molecular flexibility index (Phi) is 6.74. The Morgan fingerprint density at radius 3 is 2.37 bits per heavy atom. The van der Waals surface area contributed by atoms with Crippen LogP contribution >= 0.6 is 0 Å². The van der Waals surface area contributed by atoms with Gasteiger partial charge in [0.1, 0.15) is 30.0 Å². The van der Waals surface area contributed by atoms with Gasteiger partial charge in [-0.1, -0.05) is 0 Å². The molecule has 142 valence electrons. The first-order chi connectivity index (χ1) is 12.5. The summed E-state index contributed by atoms with van der Waals surface area (Å²) in [6, 6.07) is 13.2. The topological polar surface area (TPSA) is 61.1 Å². The van der Waals surface area contributed by atoms with Gasteiger partial charge in [-0.25, -0.2) is 13.5 Å². The van der Waals surface area contributed by atoms with E-state index in [9.17, 15) is 9.18 Å². The second-order valence-corrected chi connectivity index (χ2v) is 5.95. The summed E-state index contributed by atoms with van der Waals surface area (Å²) >= 11 is 0. The number of ketones is 1. The van der Waals surface area contributed by atoms with E-state index in [1.54, 1.807) is 4.57 Å². The second-order valence-electron chi connectivity index (χ2n) is 5.95. The molecule has 0 fully saturated rings. The molecule has 7 heteroatoms. The van der Waals surface area contributed by atoms with Crippen LogP contribution in [0, 0.1) is 5.82 Å². The zero-order valence-corrected chi connectivity index (χ0v) is 16.7. The second kappa shape index (κ2) is 8.81. The summed E-state index contributed by atoms with van der Waals surface area (Å²) in [7, 11) is 1.85. The van der Waals surface area contributed by atoms with Gasteiger partial charge in [-0.05, 0) is 55.5 Å². The maximum absolute atomic E-state index is 13.0. The van der Waals surface area contributed by atoms with E-state index in [1.807, 2.05) is 49.0 Å². The minimum atomic E-state index is -0.369. The van der Waals surface area contributed by atoms with Gasteiger partial charge in [0.2, 0.25) is 0 Å². The number of imidazole rings is 1. The molecule has 3 rings (SSSR count). The molecule has 0 spiro atoms. The lowest BCUT2D eigenvalue weighted by Gasteiger charge is -2.03. The lowest BCUT2D eigenvalue weighted by atomic mass is 10.1. The van der Waals surface area contributed by atoms with Crippen molar-refractivity contribution in [2.75, 3.05) is 12.3 Å². The summed E-state index contributed by atoms with van der Waals surface area (Å²) in [5, 5.41) is 0. The van der Waals surface area contributed by atoms with Crippen LogP contribution in [-0.4, -0.2) is 17.0 Å². The number of aromatic nitrogens is 2. The fourth-order valence-corrected chi connectivity index (χ4v) is 2.78. The van der Waals surface area contributed by atoms with Crippen molar-refractivity contribution in [1.29, 1.82) is 0 Å². The summed E-state index contributed by atoms with van der Waals surface area (Å²) in [6.07, 6.45) is 1.84. The Labute approximate surface area is 168 Å². The van der Waals surface area contributed by atoms with Crippen LogP contribution in [0.1, 0.15) is 17.3 Å². The monoisotopic (exact) mass is 433 g/mol. The molecule has 1 aromatic heterocycles. The predicted molar refractivity (Wildman–Crippen MR) is 97.4 cm³/mol. The van der Waals surface area contributed by atoms with Crippen LogP contribution in [0.25, 0.3) is 11.3 Å². The third kappa shape index (κ3) is 4.54. The number of benzene rings is 2. The fraction of sp³-hybridized carbons (Fsp3) is 0.200. The summed E-state index contributed by atoms with van der Waals surface area (Å²) in [5.74, 6) is 0.763. The molecular formula is C20H21BrFN3O2. The molecule has 0 aliphatic carbocycles. The highest BCUT2D eigenvalue weighted by Crippen LogP contribution is 2.23. The summed E-state index contributed by atoms with van der Waals surface area (Å²) in [4.78, 5) is 12.4. The third-order valence-corrected chi connectivity index (χ3v) is 4.22. The van der Waals surface area contributed by atoms with Gasteiger partial charge in [0.25, 0.3) is 0 Å². The molecule has 0 aliphatic rings. The van der Waals surface area contributed by atoms with E-state index in [4.69, 9.17) is 10.5 Å². The Hall–Kier alpha value is -2.67. The molecule has 3 aromatic rings. The average molecular weight is 434 g/mol. The first kappa shape index (κ1) is 20.6. The number of hydrogen-bond acceptors (Lipinski definition) is 3. The standard InChI is InChI=1S/C20H20FN3O2.BrH/c1-3-26-17-10-6-14(7-11-17)18-12-24(20(22)23(18)2)13-19(25)15-4-8-16(21)9-5-15;/h4-12,22H,3,13H2,1-2H3;1H. The smallest absolute Gasteiger partial charge is 0.355 e. The third-order valence-electron chi connectivity index (χ3n) is 4.22. The number of rotatable bonds is 6. The number of anilines is 1. The van der Waals surface area contributed by atoms with Crippen LogP contribution in [0.2, 0.25) is 0 Å². The highest BCUT2D eigenvalue weighted by Gasteiger charge is 2.20. The van der Waals surface area contributed by atoms with Crippen LogP contribution < -0.4 is 32.0 Å². The summed E-state index contributed by atoms with van der Waals surface area (Å²) in [6.45, 7) is 2.64. The zero-order valence-electron chi connectivity index (χ0n) is 15.2. The van der Waals surface area contributed by atoms with Gasteiger partial charge in [-0.15, -0.1) is 0 Å². The van der Waals surface area contributed by atoms with Crippen LogP contribution in [0.15, 0.2) is 54.7 Å². The van der Waals surface area contributed by atoms with E-state index in [0.717, 1.165) is 17.0 Å². The van der Waals surface area contributed by atoms with E-state index in [2.05, 4.69) is 0 Å². The van der Waals surface area contributed by atoms with Crippen LogP contribution in [0.3, 0.4) is 0 Å². The van der Waals surface area contributed by atoms with Crippen molar-refractivity contribution in [3.8, 4) is 17.0 Å². The van der Waals surface area contributed by atoms with Gasteiger partial charge in [-0.2, -0.15) is 0 Å². The van der Waals surface area contributed by atoms with Gasteiger partial charge in [0, 0.05) is 11.1 Å². The number of hydrogen-bond donors (Lipinski definition) is 1. The van der Waals surface area contributed by atoms with Crippen molar-refractivity contribution in [3.63, 3.8) is 0 Å². The van der Waals surface area contributed by atoms with Gasteiger partial charge in [0.05, 0.1) is 13.7 Å². The first-order valence-electron chi connectivity index (χ1n) is 8.36. The van der Waals surface area contributed by atoms with E-state index < -0.39 is 0 Å². The van der Waals surface area contributed by atoms with Crippen molar-refractivity contribution >= 4 is 11.7 Å². The molecule has 0 bridgehead atoms. The number of carbonyl (C=O) groups excluding carboxylic acids is 1. The maximum atomic E-state index is 13.0. The van der Waals surface area contributed by atoms with E-state index in [0.29, 0.717) is 18.1 Å². The summed E-state index contributed by atoms with van der Waals surface area (Å²) in [5.41, 5.74) is 8.46. The SMILES string of the molecule is CCOc1ccc(-c2c[n+](CC(=O)c3ccc(F)cc3)c(N)n2C)cc1.[Br-]. The molecule has 0 amide bonds. The number of nitrogens with two attached hydrogens (primary N) is 1. The molecular weight excluding hydrogens is 413 g/mol. The molecule has 0 saturated carbocycles. The number of carbonyl (C=O) groups is 1. The highest BCUT2D eigenvalue weighted by atomic mass is 79.9. The molecule has 1 heterocycles. The highest BCUT2D eigenvalue weighted by molar-refractivity contribution is 5.95. The van der Waals surface area contributed by atoms with E-state index in [-0.39, 0.29) is 35.1 Å². The molecule has 0 atom stereocenters. The number of ether oxygens (including phenoxy) is 1.